The van der Waals surface area contributed by atoms with Gasteiger partial charge in [-0.1, -0.05) is 54.6 Å². The van der Waals surface area contributed by atoms with Crippen LogP contribution in [0, 0.1) is 17.0 Å². The second kappa shape index (κ2) is 7.63. The molecule has 2 aromatic heterocycles. The second-order valence-corrected chi connectivity index (χ2v) is 7.49. The summed E-state index contributed by atoms with van der Waals surface area (Å²) in [5.74, 6) is 0. The minimum Gasteiger partial charge on any atom is -0.339 e. The largest absolute Gasteiger partial charge is 0.339 e. The molecule has 7 heteroatoms. The maximum Gasteiger partial charge on any atom is 0.274 e. The number of aromatic amines is 1. The number of H-pyrrole nitrogens is 1. The molecule has 32 heavy (non-hydrogen) atoms. The Hall–Kier alpha value is -4.52. The summed E-state index contributed by atoms with van der Waals surface area (Å²) in [4.78, 5) is 26.5. The molecule has 0 aliphatic heterocycles. The maximum atomic E-state index is 12.8. The molecular weight excluding hydrogens is 404 g/mol. The summed E-state index contributed by atoms with van der Waals surface area (Å²) in [6, 6.07) is 25.8. The minimum atomic E-state index is -0.451. The number of benzene rings is 3. The number of rotatable bonds is 4. The van der Waals surface area contributed by atoms with Crippen LogP contribution in [0.2, 0.25) is 0 Å². The Balaban J connectivity index is 1.61. The Morgan fingerprint density at radius 1 is 0.844 bits per heavy atom. The summed E-state index contributed by atoms with van der Waals surface area (Å²) in [7, 11) is 0. The van der Waals surface area contributed by atoms with Crippen molar-refractivity contribution >= 4 is 11.3 Å². The predicted octanol–water partition coefficient (Wildman–Crippen LogP) is 5.24. The fourth-order valence-corrected chi connectivity index (χ4v) is 3.87. The van der Waals surface area contributed by atoms with Crippen LogP contribution in [0.5, 0.6) is 0 Å². The highest BCUT2D eigenvalue weighted by atomic mass is 16.6. The number of fused-ring (bicyclic) bond motifs is 1. The third-order valence-electron chi connectivity index (χ3n) is 5.46. The lowest BCUT2D eigenvalue weighted by Gasteiger charge is -2.07. The smallest absolute Gasteiger partial charge is 0.274 e. The van der Waals surface area contributed by atoms with Gasteiger partial charge in [-0.15, -0.1) is 0 Å². The zero-order chi connectivity index (χ0) is 22.2. The molecule has 5 rings (SSSR count). The third kappa shape index (κ3) is 3.35. The lowest BCUT2D eigenvalue weighted by molar-refractivity contribution is -0.384. The number of nitrogens with zero attached hydrogens (tertiary/aromatic N) is 3. The predicted molar refractivity (Wildman–Crippen MR) is 124 cm³/mol. The van der Waals surface area contributed by atoms with Crippen molar-refractivity contribution in [3.05, 3.63) is 111 Å². The molecular formula is C25H18N4O3. The molecule has 0 radical (unpaired) electrons. The van der Waals surface area contributed by atoms with Crippen molar-refractivity contribution in [2.75, 3.05) is 0 Å². The second-order valence-electron chi connectivity index (χ2n) is 7.49. The van der Waals surface area contributed by atoms with Crippen molar-refractivity contribution in [3.8, 4) is 33.5 Å². The molecule has 0 unspecified atom stereocenters. The Kier molecular flexibility index (Phi) is 4.63. The molecule has 0 fully saturated rings. The standard InChI is InChI=1S/C25H18N4O3/c1-16-24(20-9-7-18(8-10-20)17-5-3-2-4-6-17)25-26-22(15-23(30)28(25)27-16)19-11-13-21(14-12-19)29(31)32/h2-15,26H,1H3. The van der Waals surface area contributed by atoms with E-state index >= 15 is 0 Å². The van der Waals surface area contributed by atoms with Gasteiger partial charge in [0, 0.05) is 23.8 Å². The van der Waals surface area contributed by atoms with Gasteiger partial charge < -0.3 is 4.98 Å². The Bertz CT molecular complexity index is 1500. The van der Waals surface area contributed by atoms with E-state index in [4.69, 9.17) is 0 Å². The first kappa shape index (κ1) is 19.4. The molecule has 3 aromatic carbocycles. The van der Waals surface area contributed by atoms with Gasteiger partial charge in [-0.05, 0) is 41.3 Å². The van der Waals surface area contributed by atoms with Crippen molar-refractivity contribution in [1.29, 1.82) is 0 Å². The number of nitro groups is 1. The first-order valence-corrected chi connectivity index (χ1v) is 10.0. The van der Waals surface area contributed by atoms with Crippen molar-refractivity contribution in [1.82, 2.24) is 14.6 Å². The fourth-order valence-electron chi connectivity index (χ4n) is 3.87. The van der Waals surface area contributed by atoms with Crippen LogP contribution < -0.4 is 5.56 Å². The van der Waals surface area contributed by atoms with E-state index in [9.17, 15) is 14.9 Å². The number of hydrogen-bond donors (Lipinski definition) is 1. The number of aromatic nitrogens is 3. The van der Waals surface area contributed by atoms with Gasteiger partial charge in [-0.25, -0.2) is 0 Å². The minimum absolute atomic E-state index is 0.00318. The zero-order valence-corrected chi connectivity index (χ0v) is 17.1. The average molecular weight is 422 g/mol. The van der Waals surface area contributed by atoms with Crippen LogP contribution in [0.4, 0.5) is 5.69 Å². The van der Waals surface area contributed by atoms with E-state index in [-0.39, 0.29) is 11.2 Å². The van der Waals surface area contributed by atoms with Crippen molar-refractivity contribution < 1.29 is 4.92 Å². The topological polar surface area (TPSA) is 93.3 Å². The molecule has 5 aromatic rings. The average Bonchev–Trinajstić information content (AvgIpc) is 3.16. The van der Waals surface area contributed by atoms with E-state index in [0.717, 1.165) is 27.9 Å². The molecule has 0 aliphatic rings. The number of aryl methyl sites for hydroxylation is 1. The van der Waals surface area contributed by atoms with E-state index in [0.29, 0.717) is 16.9 Å². The molecule has 0 saturated carbocycles. The monoisotopic (exact) mass is 422 g/mol. The van der Waals surface area contributed by atoms with Gasteiger partial charge in [0.15, 0.2) is 0 Å². The summed E-state index contributed by atoms with van der Waals surface area (Å²) in [6.07, 6.45) is 0. The van der Waals surface area contributed by atoms with Gasteiger partial charge in [-0.2, -0.15) is 9.61 Å². The SMILES string of the molecule is Cc1nn2c(=O)cc(-c3ccc([N+](=O)[O-])cc3)[nH]c2c1-c1ccc(-c2ccccc2)cc1. The third-order valence-corrected chi connectivity index (χ3v) is 5.46. The number of nitro benzene ring substituents is 1. The zero-order valence-electron chi connectivity index (χ0n) is 17.1. The van der Waals surface area contributed by atoms with Gasteiger partial charge in [0.1, 0.15) is 5.65 Å². The van der Waals surface area contributed by atoms with Gasteiger partial charge in [0.2, 0.25) is 0 Å². The number of non-ortho nitro benzene ring substituents is 1. The van der Waals surface area contributed by atoms with E-state index in [1.807, 2.05) is 49.4 Å². The molecule has 0 bridgehead atoms. The highest BCUT2D eigenvalue weighted by molar-refractivity contribution is 5.82. The van der Waals surface area contributed by atoms with Crippen LogP contribution in [-0.4, -0.2) is 19.5 Å². The molecule has 0 spiro atoms. The quantitative estimate of drug-likeness (QED) is 0.317. The van der Waals surface area contributed by atoms with E-state index < -0.39 is 4.92 Å². The van der Waals surface area contributed by atoms with Gasteiger partial charge in [0.05, 0.1) is 16.3 Å². The van der Waals surface area contributed by atoms with Crippen LogP contribution in [0.3, 0.4) is 0 Å². The summed E-state index contributed by atoms with van der Waals surface area (Å²) in [5, 5.41) is 15.4. The molecule has 0 amide bonds. The lowest BCUT2D eigenvalue weighted by atomic mass is 10.0. The van der Waals surface area contributed by atoms with Gasteiger partial charge >= 0.3 is 0 Å². The lowest BCUT2D eigenvalue weighted by Crippen LogP contribution is -2.14. The fraction of sp³-hybridized carbons (Fsp3) is 0.0400. The molecule has 0 saturated heterocycles. The Morgan fingerprint density at radius 2 is 1.44 bits per heavy atom. The molecule has 7 nitrogen and oxygen atoms in total. The van der Waals surface area contributed by atoms with Crippen molar-refractivity contribution in [3.63, 3.8) is 0 Å². The molecule has 1 N–H and O–H groups in total. The number of nitrogens with one attached hydrogen (secondary N) is 1. The molecule has 2 heterocycles. The van der Waals surface area contributed by atoms with Gasteiger partial charge in [0.25, 0.3) is 11.2 Å². The van der Waals surface area contributed by atoms with Crippen LogP contribution in [0.1, 0.15) is 5.69 Å². The molecule has 0 aliphatic carbocycles. The first-order valence-electron chi connectivity index (χ1n) is 10.0. The van der Waals surface area contributed by atoms with E-state index in [1.165, 1.54) is 22.7 Å². The van der Waals surface area contributed by atoms with Crippen LogP contribution >= 0.6 is 0 Å². The van der Waals surface area contributed by atoms with E-state index in [2.05, 4.69) is 22.2 Å². The van der Waals surface area contributed by atoms with Crippen LogP contribution in [0.25, 0.3) is 39.2 Å². The van der Waals surface area contributed by atoms with Crippen LogP contribution in [0.15, 0.2) is 89.7 Å². The summed E-state index contributed by atoms with van der Waals surface area (Å²) >= 11 is 0. The summed E-state index contributed by atoms with van der Waals surface area (Å²) in [6.45, 7) is 1.87. The maximum absolute atomic E-state index is 12.8. The van der Waals surface area contributed by atoms with Crippen molar-refractivity contribution in [2.45, 2.75) is 6.92 Å². The number of hydrogen-bond acceptors (Lipinski definition) is 4. The molecule has 0 atom stereocenters. The Morgan fingerprint density at radius 3 is 2.09 bits per heavy atom. The summed E-state index contributed by atoms with van der Waals surface area (Å²) < 4.78 is 1.35. The highest BCUT2D eigenvalue weighted by Gasteiger charge is 2.16. The first-order chi connectivity index (χ1) is 15.5. The summed E-state index contributed by atoms with van der Waals surface area (Å²) in [5.41, 5.74) is 6.28. The van der Waals surface area contributed by atoms with Gasteiger partial charge in [-0.3, -0.25) is 14.9 Å². The van der Waals surface area contributed by atoms with Crippen LogP contribution in [-0.2, 0) is 0 Å². The van der Waals surface area contributed by atoms with E-state index in [1.54, 1.807) is 12.1 Å². The normalized spacial score (nSPS) is 11.0. The highest BCUT2D eigenvalue weighted by Crippen LogP contribution is 2.30. The van der Waals surface area contributed by atoms with Crippen molar-refractivity contribution in [2.24, 2.45) is 0 Å². The molecule has 156 valence electrons. The Labute approximate surface area is 182 Å².